The minimum Gasteiger partial charge on any atom is -0.337 e. The Bertz CT molecular complexity index is 514. The number of nitrogens with zero attached hydrogens (tertiary/aromatic N) is 3. The van der Waals surface area contributed by atoms with Crippen LogP contribution in [-0.2, 0) is 18.4 Å². The third-order valence-electron chi connectivity index (χ3n) is 4.34. The Balaban J connectivity index is 2.05. The number of allylic oxidation sites excluding steroid dienone is 1. The summed E-state index contributed by atoms with van der Waals surface area (Å²) in [7, 11) is 3.78. The maximum Gasteiger partial charge on any atom is 0.246 e. The third-order valence-corrected chi connectivity index (χ3v) is 4.34. The molecule has 110 valence electrons. The van der Waals surface area contributed by atoms with Crippen molar-refractivity contribution in [3.8, 4) is 0 Å². The summed E-state index contributed by atoms with van der Waals surface area (Å²) in [6.07, 6.45) is 10.2. The molecule has 1 aliphatic carbocycles. The lowest BCUT2D eigenvalue weighted by Crippen LogP contribution is -2.28. The van der Waals surface area contributed by atoms with Gasteiger partial charge in [0.1, 0.15) is 5.82 Å². The molecule has 1 aromatic heterocycles. The fourth-order valence-electron chi connectivity index (χ4n) is 2.75. The number of carbonyl (C=O) groups is 1. The average molecular weight is 275 g/mol. The lowest BCUT2D eigenvalue weighted by atomic mass is 9.73. The Morgan fingerprint density at radius 1 is 1.50 bits per heavy atom. The molecule has 1 aromatic rings. The Morgan fingerprint density at radius 2 is 2.25 bits per heavy atom. The van der Waals surface area contributed by atoms with Crippen molar-refractivity contribution in [2.24, 2.45) is 12.5 Å². The zero-order chi connectivity index (χ0) is 14.8. The SMILES string of the molecule is CN(Cc1nccn1C)C(=O)C=C1CCCCC1(C)C. The van der Waals surface area contributed by atoms with Gasteiger partial charge in [-0.2, -0.15) is 0 Å². The van der Waals surface area contributed by atoms with Gasteiger partial charge in [-0.15, -0.1) is 0 Å². The number of imidazole rings is 1. The quantitative estimate of drug-likeness (QED) is 0.796. The highest BCUT2D eigenvalue weighted by atomic mass is 16.2. The number of amides is 1. The molecule has 1 heterocycles. The van der Waals surface area contributed by atoms with Gasteiger partial charge in [0.2, 0.25) is 5.91 Å². The summed E-state index contributed by atoms with van der Waals surface area (Å²) in [5.74, 6) is 0.986. The molecule has 20 heavy (non-hydrogen) atoms. The van der Waals surface area contributed by atoms with E-state index in [4.69, 9.17) is 0 Å². The van der Waals surface area contributed by atoms with Crippen LogP contribution in [0.1, 0.15) is 45.4 Å². The Hall–Kier alpha value is -1.58. The molecular weight excluding hydrogens is 250 g/mol. The normalized spacial score (nSPS) is 20.1. The van der Waals surface area contributed by atoms with E-state index in [9.17, 15) is 4.79 Å². The first-order chi connectivity index (χ1) is 9.40. The van der Waals surface area contributed by atoms with Crippen LogP contribution in [-0.4, -0.2) is 27.4 Å². The molecule has 0 saturated heterocycles. The van der Waals surface area contributed by atoms with Crippen LogP contribution in [0.15, 0.2) is 24.0 Å². The number of carbonyl (C=O) groups excluding carboxylic acids is 1. The fraction of sp³-hybridized carbons (Fsp3) is 0.625. The standard InChI is InChI=1S/C16H25N3O/c1-16(2)8-6-5-7-13(16)11-15(20)19(4)12-14-17-9-10-18(14)3/h9-11H,5-8,12H2,1-4H3. The Kier molecular flexibility index (Phi) is 4.31. The highest BCUT2D eigenvalue weighted by molar-refractivity contribution is 5.88. The molecule has 0 spiro atoms. The summed E-state index contributed by atoms with van der Waals surface area (Å²) in [5.41, 5.74) is 1.46. The molecule has 4 heteroatoms. The second kappa shape index (κ2) is 5.81. The molecule has 0 bridgehead atoms. The summed E-state index contributed by atoms with van der Waals surface area (Å²) in [5, 5.41) is 0. The van der Waals surface area contributed by atoms with Crippen LogP contribution in [0.25, 0.3) is 0 Å². The van der Waals surface area contributed by atoms with Gasteiger partial charge >= 0.3 is 0 Å². The zero-order valence-electron chi connectivity index (χ0n) is 13.0. The predicted molar refractivity (Wildman–Crippen MR) is 80.0 cm³/mol. The molecular formula is C16H25N3O. The largest absolute Gasteiger partial charge is 0.337 e. The summed E-state index contributed by atoms with van der Waals surface area (Å²) < 4.78 is 1.95. The van der Waals surface area contributed by atoms with Gasteiger partial charge in [0.15, 0.2) is 0 Å². The lowest BCUT2D eigenvalue weighted by Gasteiger charge is -2.33. The van der Waals surface area contributed by atoms with Crippen molar-refractivity contribution in [3.05, 3.63) is 29.9 Å². The van der Waals surface area contributed by atoms with Crippen molar-refractivity contribution in [1.29, 1.82) is 0 Å². The van der Waals surface area contributed by atoms with Gasteiger partial charge in [0, 0.05) is 32.6 Å². The topological polar surface area (TPSA) is 38.1 Å². The van der Waals surface area contributed by atoms with E-state index in [2.05, 4.69) is 18.8 Å². The van der Waals surface area contributed by atoms with E-state index in [1.165, 1.54) is 24.8 Å². The van der Waals surface area contributed by atoms with E-state index >= 15 is 0 Å². The maximum absolute atomic E-state index is 12.3. The van der Waals surface area contributed by atoms with E-state index in [0.29, 0.717) is 6.54 Å². The van der Waals surface area contributed by atoms with E-state index in [1.54, 1.807) is 11.1 Å². The lowest BCUT2D eigenvalue weighted by molar-refractivity contribution is -0.125. The molecule has 0 radical (unpaired) electrons. The monoisotopic (exact) mass is 275 g/mol. The second-order valence-electron chi connectivity index (χ2n) is 6.41. The van der Waals surface area contributed by atoms with E-state index in [0.717, 1.165) is 12.2 Å². The molecule has 0 N–H and O–H groups in total. The smallest absolute Gasteiger partial charge is 0.246 e. The molecule has 0 atom stereocenters. The van der Waals surface area contributed by atoms with Crippen molar-refractivity contribution in [3.63, 3.8) is 0 Å². The first kappa shape index (κ1) is 14.8. The molecule has 0 aromatic carbocycles. The maximum atomic E-state index is 12.3. The van der Waals surface area contributed by atoms with E-state index < -0.39 is 0 Å². The summed E-state index contributed by atoms with van der Waals surface area (Å²) in [6, 6.07) is 0. The Labute approximate surface area is 121 Å². The van der Waals surface area contributed by atoms with Crippen molar-refractivity contribution in [2.75, 3.05) is 7.05 Å². The van der Waals surface area contributed by atoms with Gasteiger partial charge in [0.25, 0.3) is 0 Å². The first-order valence-corrected chi connectivity index (χ1v) is 7.32. The van der Waals surface area contributed by atoms with Crippen molar-refractivity contribution >= 4 is 5.91 Å². The minimum atomic E-state index is 0.0815. The van der Waals surface area contributed by atoms with Crippen molar-refractivity contribution in [1.82, 2.24) is 14.5 Å². The van der Waals surface area contributed by atoms with Crippen LogP contribution in [0.2, 0.25) is 0 Å². The van der Waals surface area contributed by atoms with Gasteiger partial charge in [-0.3, -0.25) is 4.79 Å². The van der Waals surface area contributed by atoms with E-state index in [-0.39, 0.29) is 11.3 Å². The van der Waals surface area contributed by atoms with Crippen molar-refractivity contribution < 1.29 is 4.79 Å². The molecule has 0 unspecified atom stereocenters. The van der Waals surface area contributed by atoms with Crippen LogP contribution in [0.5, 0.6) is 0 Å². The molecule has 1 fully saturated rings. The van der Waals surface area contributed by atoms with Gasteiger partial charge in [0.05, 0.1) is 6.54 Å². The van der Waals surface area contributed by atoms with Crippen LogP contribution in [0, 0.1) is 5.41 Å². The Morgan fingerprint density at radius 3 is 2.85 bits per heavy atom. The van der Waals surface area contributed by atoms with Gasteiger partial charge < -0.3 is 9.47 Å². The average Bonchev–Trinajstić information content (AvgIpc) is 2.77. The molecule has 1 saturated carbocycles. The van der Waals surface area contributed by atoms with Gasteiger partial charge in [-0.05, 0) is 24.7 Å². The highest BCUT2D eigenvalue weighted by Gasteiger charge is 2.27. The third kappa shape index (κ3) is 3.30. The van der Waals surface area contributed by atoms with Gasteiger partial charge in [-0.25, -0.2) is 4.98 Å². The molecule has 0 aliphatic heterocycles. The van der Waals surface area contributed by atoms with Gasteiger partial charge in [-0.1, -0.05) is 25.8 Å². The number of aryl methyl sites for hydroxylation is 1. The van der Waals surface area contributed by atoms with E-state index in [1.807, 2.05) is 30.9 Å². The summed E-state index contributed by atoms with van der Waals surface area (Å²) in [4.78, 5) is 18.3. The summed E-state index contributed by atoms with van der Waals surface area (Å²) >= 11 is 0. The molecule has 4 nitrogen and oxygen atoms in total. The number of hydrogen-bond acceptors (Lipinski definition) is 2. The summed E-state index contributed by atoms with van der Waals surface area (Å²) in [6.45, 7) is 5.03. The number of likely N-dealkylation sites (N-methyl/N-ethyl adjacent to an activating group) is 1. The molecule has 2 rings (SSSR count). The number of rotatable bonds is 3. The first-order valence-electron chi connectivity index (χ1n) is 7.32. The molecule has 1 amide bonds. The number of aromatic nitrogens is 2. The van der Waals surface area contributed by atoms with Crippen molar-refractivity contribution in [2.45, 2.75) is 46.1 Å². The van der Waals surface area contributed by atoms with Crippen LogP contribution >= 0.6 is 0 Å². The minimum absolute atomic E-state index is 0.0815. The number of hydrogen-bond donors (Lipinski definition) is 0. The van der Waals surface area contributed by atoms with Crippen LogP contribution in [0.3, 0.4) is 0 Å². The predicted octanol–water partition coefficient (Wildman–Crippen LogP) is 2.91. The second-order valence-corrected chi connectivity index (χ2v) is 6.41. The highest BCUT2D eigenvalue weighted by Crippen LogP contribution is 2.39. The van der Waals surface area contributed by atoms with Crippen LogP contribution < -0.4 is 0 Å². The molecule has 1 aliphatic rings. The fourth-order valence-corrected chi connectivity index (χ4v) is 2.75. The van der Waals surface area contributed by atoms with Crippen LogP contribution in [0.4, 0.5) is 0 Å². The zero-order valence-corrected chi connectivity index (χ0v) is 13.0.